The number of carboxylic acid groups (broad SMARTS) is 1. The van der Waals surface area contributed by atoms with Crippen molar-refractivity contribution < 1.29 is 18.3 Å². The second-order valence-electron chi connectivity index (χ2n) is 4.47. The van der Waals surface area contributed by atoms with Gasteiger partial charge in [-0.15, -0.1) is 0 Å². The zero-order chi connectivity index (χ0) is 15.5. The Balaban J connectivity index is 2.12. The molecule has 0 unspecified atom stereocenters. The normalized spacial score (nSPS) is 11.1. The fraction of sp³-hybridized carbons (Fsp3) is 0.143. The number of benzene rings is 1. The highest BCUT2D eigenvalue weighted by Crippen LogP contribution is 2.14. The lowest BCUT2D eigenvalue weighted by atomic mass is 10.2. The van der Waals surface area contributed by atoms with Gasteiger partial charge in [-0.05, 0) is 29.8 Å². The van der Waals surface area contributed by atoms with Gasteiger partial charge >= 0.3 is 5.97 Å². The largest absolute Gasteiger partial charge is 0.478 e. The number of aromatic carboxylic acids is 1. The third-order valence-corrected chi connectivity index (χ3v) is 3.98. The van der Waals surface area contributed by atoms with E-state index in [4.69, 9.17) is 5.11 Å². The molecule has 0 radical (unpaired) electrons. The number of hydrogen-bond acceptors (Lipinski definition) is 5. The molecular weight excluding hydrogens is 292 g/mol. The maximum Gasteiger partial charge on any atom is 0.339 e. The molecular formula is C14H14N2O4S. The van der Waals surface area contributed by atoms with Crippen LogP contribution in [0.2, 0.25) is 0 Å². The smallest absolute Gasteiger partial charge is 0.339 e. The van der Waals surface area contributed by atoms with Crippen LogP contribution in [0, 0.1) is 0 Å². The molecule has 0 atom stereocenters. The van der Waals surface area contributed by atoms with E-state index in [1.54, 1.807) is 18.2 Å². The summed E-state index contributed by atoms with van der Waals surface area (Å²) in [5.41, 5.74) is 0.912. The fourth-order valence-electron chi connectivity index (χ4n) is 1.76. The molecule has 1 aromatic carbocycles. The lowest BCUT2D eigenvalue weighted by molar-refractivity contribution is 0.0697. The summed E-state index contributed by atoms with van der Waals surface area (Å²) in [5.74, 6) is -0.782. The van der Waals surface area contributed by atoms with Gasteiger partial charge in [-0.1, -0.05) is 12.1 Å². The predicted molar refractivity (Wildman–Crippen MR) is 78.1 cm³/mol. The minimum Gasteiger partial charge on any atom is -0.478 e. The van der Waals surface area contributed by atoms with E-state index in [9.17, 15) is 13.2 Å². The van der Waals surface area contributed by atoms with Crippen LogP contribution in [0.5, 0.6) is 0 Å². The van der Waals surface area contributed by atoms with E-state index in [1.165, 1.54) is 24.4 Å². The van der Waals surface area contributed by atoms with Gasteiger partial charge in [0, 0.05) is 19.0 Å². The monoisotopic (exact) mass is 306 g/mol. The second-order valence-corrected chi connectivity index (χ2v) is 6.49. The lowest BCUT2D eigenvalue weighted by Gasteiger charge is -2.08. The van der Waals surface area contributed by atoms with Crippen LogP contribution < -0.4 is 5.32 Å². The zero-order valence-corrected chi connectivity index (χ0v) is 12.1. The number of nitrogens with one attached hydrogen (secondary N) is 1. The maximum absolute atomic E-state index is 11.4. The van der Waals surface area contributed by atoms with E-state index >= 15 is 0 Å². The predicted octanol–water partition coefficient (Wildman–Crippen LogP) is 1.80. The van der Waals surface area contributed by atoms with E-state index in [-0.39, 0.29) is 16.3 Å². The summed E-state index contributed by atoms with van der Waals surface area (Å²) in [6.45, 7) is 0.349. The molecule has 2 rings (SSSR count). The van der Waals surface area contributed by atoms with Gasteiger partial charge in [0.05, 0.1) is 4.90 Å². The second kappa shape index (κ2) is 5.92. The summed E-state index contributed by atoms with van der Waals surface area (Å²) in [7, 11) is -3.22. The lowest BCUT2D eigenvalue weighted by Crippen LogP contribution is -2.08. The summed E-state index contributed by atoms with van der Waals surface area (Å²) in [6.07, 6.45) is 2.65. The Kier molecular flexibility index (Phi) is 4.23. The molecule has 0 aliphatic carbocycles. The quantitative estimate of drug-likeness (QED) is 0.874. The Morgan fingerprint density at radius 2 is 1.90 bits per heavy atom. The molecule has 0 spiro atoms. The van der Waals surface area contributed by atoms with E-state index < -0.39 is 15.8 Å². The summed E-state index contributed by atoms with van der Waals surface area (Å²) >= 11 is 0. The van der Waals surface area contributed by atoms with Gasteiger partial charge in [0.25, 0.3) is 0 Å². The first-order chi connectivity index (χ1) is 9.88. The van der Waals surface area contributed by atoms with Crippen LogP contribution in [-0.4, -0.2) is 30.7 Å². The van der Waals surface area contributed by atoms with Crippen molar-refractivity contribution in [2.24, 2.45) is 0 Å². The number of pyridine rings is 1. The van der Waals surface area contributed by atoms with Gasteiger partial charge in [-0.3, -0.25) is 0 Å². The number of carboxylic acids is 1. The molecule has 0 saturated carbocycles. The molecule has 7 heteroatoms. The molecule has 1 aromatic heterocycles. The Bertz CT molecular complexity index is 755. The van der Waals surface area contributed by atoms with E-state index in [2.05, 4.69) is 10.3 Å². The molecule has 0 fully saturated rings. The Labute approximate surface area is 122 Å². The SMILES string of the molecule is CS(=O)(=O)c1ccc(CNc2ncccc2C(=O)O)cc1. The third-order valence-electron chi connectivity index (χ3n) is 2.85. The minimum absolute atomic E-state index is 0.0882. The first-order valence-corrected chi connectivity index (χ1v) is 7.98. The molecule has 0 amide bonds. The van der Waals surface area contributed by atoms with Gasteiger partial charge in [0.2, 0.25) is 0 Å². The first kappa shape index (κ1) is 15.0. The van der Waals surface area contributed by atoms with E-state index in [0.29, 0.717) is 6.54 Å². The number of anilines is 1. The molecule has 0 saturated heterocycles. The van der Waals surface area contributed by atoms with Crippen molar-refractivity contribution in [3.63, 3.8) is 0 Å². The maximum atomic E-state index is 11.4. The number of nitrogens with zero attached hydrogens (tertiary/aromatic N) is 1. The molecule has 2 aromatic rings. The van der Waals surface area contributed by atoms with E-state index in [1.807, 2.05) is 0 Å². The van der Waals surface area contributed by atoms with Crippen molar-refractivity contribution in [2.45, 2.75) is 11.4 Å². The van der Waals surface area contributed by atoms with Crippen LogP contribution >= 0.6 is 0 Å². The number of aromatic nitrogens is 1. The number of hydrogen-bond donors (Lipinski definition) is 2. The Hall–Kier alpha value is -2.41. The zero-order valence-electron chi connectivity index (χ0n) is 11.3. The molecule has 0 aliphatic heterocycles. The third kappa shape index (κ3) is 3.79. The van der Waals surface area contributed by atoms with Gasteiger partial charge in [-0.25, -0.2) is 18.2 Å². The van der Waals surface area contributed by atoms with Crippen LogP contribution in [0.4, 0.5) is 5.82 Å². The van der Waals surface area contributed by atoms with Crippen LogP contribution in [-0.2, 0) is 16.4 Å². The standard InChI is InChI=1S/C14H14N2O4S/c1-21(19,20)11-6-4-10(5-7-11)9-16-13-12(14(17)18)3-2-8-15-13/h2-8H,9H2,1H3,(H,15,16)(H,17,18). The van der Waals surface area contributed by atoms with Crippen molar-refractivity contribution >= 4 is 21.6 Å². The summed E-state index contributed by atoms with van der Waals surface area (Å²) < 4.78 is 22.7. The Morgan fingerprint density at radius 3 is 2.48 bits per heavy atom. The van der Waals surface area contributed by atoms with Crippen LogP contribution in [0.15, 0.2) is 47.5 Å². The highest BCUT2D eigenvalue weighted by molar-refractivity contribution is 7.90. The molecule has 21 heavy (non-hydrogen) atoms. The highest BCUT2D eigenvalue weighted by atomic mass is 32.2. The number of sulfone groups is 1. The average Bonchev–Trinajstić information content (AvgIpc) is 2.45. The molecule has 2 N–H and O–H groups in total. The minimum atomic E-state index is -3.22. The van der Waals surface area contributed by atoms with Gasteiger partial charge in [-0.2, -0.15) is 0 Å². The number of rotatable bonds is 5. The average molecular weight is 306 g/mol. The van der Waals surface area contributed by atoms with Crippen molar-refractivity contribution in [1.29, 1.82) is 0 Å². The Morgan fingerprint density at radius 1 is 1.24 bits per heavy atom. The molecule has 1 heterocycles. The first-order valence-electron chi connectivity index (χ1n) is 6.09. The van der Waals surface area contributed by atoms with E-state index in [0.717, 1.165) is 11.8 Å². The van der Waals surface area contributed by atoms with Gasteiger partial charge in [0.1, 0.15) is 11.4 Å². The van der Waals surface area contributed by atoms with Crippen molar-refractivity contribution in [3.05, 3.63) is 53.7 Å². The van der Waals surface area contributed by atoms with Crippen LogP contribution in [0.25, 0.3) is 0 Å². The van der Waals surface area contributed by atoms with Crippen molar-refractivity contribution in [2.75, 3.05) is 11.6 Å². The molecule has 110 valence electrons. The van der Waals surface area contributed by atoms with Crippen molar-refractivity contribution in [1.82, 2.24) is 4.98 Å². The molecule has 0 aliphatic rings. The molecule has 6 nitrogen and oxygen atoms in total. The van der Waals surface area contributed by atoms with Gasteiger partial charge in [0.15, 0.2) is 9.84 Å². The highest BCUT2D eigenvalue weighted by Gasteiger charge is 2.10. The topological polar surface area (TPSA) is 96.4 Å². The molecule has 0 bridgehead atoms. The van der Waals surface area contributed by atoms with Crippen molar-refractivity contribution in [3.8, 4) is 0 Å². The summed E-state index contributed by atoms with van der Waals surface area (Å²) in [4.78, 5) is 15.3. The summed E-state index contributed by atoms with van der Waals surface area (Å²) in [5, 5.41) is 12.0. The van der Waals surface area contributed by atoms with Crippen LogP contribution in [0.3, 0.4) is 0 Å². The number of carbonyl (C=O) groups is 1. The fourth-order valence-corrected chi connectivity index (χ4v) is 2.39. The van der Waals surface area contributed by atoms with Gasteiger partial charge < -0.3 is 10.4 Å². The summed E-state index contributed by atoms with van der Waals surface area (Å²) in [6, 6.07) is 9.39. The van der Waals surface area contributed by atoms with Crippen LogP contribution in [0.1, 0.15) is 15.9 Å².